The zero-order valence-corrected chi connectivity index (χ0v) is 18.3. The van der Waals surface area contributed by atoms with Crippen LogP contribution in [0.15, 0.2) is 47.4 Å². The summed E-state index contributed by atoms with van der Waals surface area (Å²) in [7, 11) is -3.73. The molecule has 0 spiro atoms. The minimum atomic E-state index is -3.73. The van der Waals surface area contributed by atoms with Gasteiger partial charge in [-0.15, -0.1) is 0 Å². The summed E-state index contributed by atoms with van der Waals surface area (Å²) >= 11 is 0. The van der Waals surface area contributed by atoms with Crippen molar-refractivity contribution in [3.05, 3.63) is 69.3 Å². The molecular formula is C22H29N3O4S. The normalized spacial score (nSPS) is 16.0. The van der Waals surface area contributed by atoms with Crippen molar-refractivity contribution in [1.82, 2.24) is 9.62 Å². The number of fused-ring (bicyclic) bond motifs is 1. The summed E-state index contributed by atoms with van der Waals surface area (Å²) in [4.78, 5) is 12.8. The molecule has 0 saturated heterocycles. The number of nitro groups is 1. The maximum atomic E-state index is 12.5. The topological polar surface area (TPSA) is 92.6 Å². The molecule has 0 heterocycles. The quantitative estimate of drug-likeness (QED) is 0.458. The lowest BCUT2D eigenvalue weighted by Gasteiger charge is -2.27. The summed E-state index contributed by atoms with van der Waals surface area (Å²) in [5.74, 6) is 0. The number of sulfonamides is 1. The number of hydrogen-bond acceptors (Lipinski definition) is 5. The highest BCUT2D eigenvalue weighted by molar-refractivity contribution is 7.89. The van der Waals surface area contributed by atoms with Crippen LogP contribution in [0.2, 0.25) is 0 Å². The van der Waals surface area contributed by atoms with Crippen LogP contribution in [0, 0.1) is 10.1 Å². The van der Waals surface area contributed by atoms with E-state index in [4.69, 9.17) is 0 Å². The molecule has 3 rings (SSSR count). The minimum absolute atomic E-state index is 0.0177. The fourth-order valence-corrected chi connectivity index (χ4v) is 5.09. The van der Waals surface area contributed by atoms with Crippen molar-refractivity contribution in [2.24, 2.45) is 0 Å². The Hall–Kier alpha value is -2.29. The first-order valence-electron chi connectivity index (χ1n) is 10.4. The zero-order chi connectivity index (χ0) is 21.7. The number of nitrogens with one attached hydrogen (secondary N) is 1. The van der Waals surface area contributed by atoms with Gasteiger partial charge in [-0.05, 0) is 67.6 Å². The van der Waals surface area contributed by atoms with Crippen LogP contribution in [0.5, 0.6) is 0 Å². The first-order valence-corrected chi connectivity index (χ1v) is 11.9. The number of benzene rings is 2. The molecular weight excluding hydrogens is 402 g/mol. The van der Waals surface area contributed by atoms with Gasteiger partial charge >= 0.3 is 0 Å². The largest absolute Gasteiger partial charge is 0.300 e. The summed E-state index contributed by atoms with van der Waals surface area (Å²) in [5.41, 5.74) is 3.42. The molecule has 1 aliphatic carbocycles. The molecule has 162 valence electrons. The van der Waals surface area contributed by atoms with Crippen LogP contribution in [0.3, 0.4) is 0 Å². The molecule has 0 aromatic heterocycles. The van der Waals surface area contributed by atoms with Gasteiger partial charge in [0, 0.05) is 24.7 Å². The highest BCUT2D eigenvalue weighted by Gasteiger charge is 2.26. The van der Waals surface area contributed by atoms with E-state index < -0.39 is 14.9 Å². The van der Waals surface area contributed by atoms with Crippen LogP contribution in [0.4, 0.5) is 5.69 Å². The van der Waals surface area contributed by atoms with Crippen molar-refractivity contribution >= 4 is 15.7 Å². The van der Waals surface area contributed by atoms with E-state index in [0.29, 0.717) is 6.04 Å². The van der Waals surface area contributed by atoms with Crippen molar-refractivity contribution in [2.75, 3.05) is 13.1 Å². The fourth-order valence-electron chi connectivity index (χ4n) is 4.08. The predicted octanol–water partition coefficient (Wildman–Crippen LogP) is 3.66. The van der Waals surface area contributed by atoms with Crippen molar-refractivity contribution in [1.29, 1.82) is 0 Å². The van der Waals surface area contributed by atoms with E-state index in [1.165, 1.54) is 35.4 Å². The van der Waals surface area contributed by atoms with Crippen LogP contribution >= 0.6 is 0 Å². The standard InChI is InChI=1S/C22H29N3O4S/c1-3-11-24(12-4-2)21-14-18-6-5-17(13-19(18)15-21)16-23-30(28,29)22-9-7-20(8-10-22)25(26)27/h5-10,13,21,23H,3-4,11-12,14-16H2,1-2H3/t21-/m1/s1. The van der Waals surface area contributed by atoms with Crippen LogP contribution in [-0.2, 0) is 29.4 Å². The Bertz CT molecular complexity index is 984. The number of non-ortho nitro benzene ring substituents is 1. The predicted molar refractivity (Wildman–Crippen MR) is 117 cm³/mol. The van der Waals surface area contributed by atoms with Gasteiger partial charge in [0.15, 0.2) is 0 Å². The van der Waals surface area contributed by atoms with Crippen molar-refractivity contribution < 1.29 is 13.3 Å². The van der Waals surface area contributed by atoms with E-state index in [0.717, 1.165) is 44.3 Å². The average Bonchev–Trinajstić information content (AvgIpc) is 3.15. The maximum absolute atomic E-state index is 12.5. The van der Waals surface area contributed by atoms with Gasteiger partial charge in [0.25, 0.3) is 5.69 Å². The molecule has 30 heavy (non-hydrogen) atoms. The van der Waals surface area contributed by atoms with Crippen LogP contribution in [0.25, 0.3) is 0 Å². The Kier molecular flexibility index (Phi) is 7.23. The third-order valence-electron chi connectivity index (χ3n) is 5.54. The molecule has 1 N–H and O–H groups in total. The van der Waals surface area contributed by atoms with Gasteiger partial charge in [0.2, 0.25) is 10.0 Å². The first-order chi connectivity index (χ1) is 14.3. The second kappa shape index (κ2) is 9.68. The number of hydrogen-bond donors (Lipinski definition) is 1. The van der Waals surface area contributed by atoms with Gasteiger partial charge in [-0.1, -0.05) is 32.0 Å². The smallest absolute Gasteiger partial charge is 0.269 e. The highest BCUT2D eigenvalue weighted by atomic mass is 32.2. The SMILES string of the molecule is CCCN(CCC)[C@@H]1Cc2ccc(CNS(=O)(=O)c3ccc([N+](=O)[O-])cc3)cc2C1. The molecule has 1 aliphatic rings. The van der Waals surface area contributed by atoms with E-state index >= 15 is 0 Å². The molecule has 8 heteroatoms. The van der Waals surface area contributed by atoms with Crippen molar-refractivity contribution in [3.8, 4) is 0 Å². The molecule has 0 unspecified atom stereocenters. The lowest BCUT2D eigenvalue weighted by Crippen LogP contribution is -2.37. The molecule has 0 fully saturated rings. The van der Waals surface area contributed by atoms with Gasteiger partial charge in [-0.2, -0.15) is 0 Å². The maximum Gasteiger partial charge on any atom is 0.269 e. The Morgan fingerprint density at radius 3 is 2.27 bits per heavy atom. The van der Waals surface area contributed by atoms with Gasteiger partial charge in [-0.3, -0.25) is 15.0 Å². The molecule has 0 bridgehead atoms. The molecule has 1 atom stereocenters. The number of nitrogens with zero attached hydrogens (tertiary/aromatic N) is 2. The number of nitro benzene ring substituents is 1. The Morgan fingerprint density at radius 1 is 1.03 bits per heavy atom. The van der Waals surface area contributed by atoms with E-state index in [2.05, 4.69) is 35.6 Å². The van der Waals surface area contributed by atoms with Crippen molar-refractivity contribution in [2.45, 2.75) is 57.0 Å². The van der Waals surface area contributed by atoms with Crippen LogP contribution in [-0.4, -0.2) is 37.4 Å². The summed E-state index contributed by atoms with van der Waals surface area (Å²) in [6, 6.07) is 11.6. The lowest BCUT2D eigenvalue weighted by molar-refractivity contribution is -0.384. The zero-order valence-electron chi connectivity index (χ0n) is 17.5. The average molecular weight is 432 g/mol. The molecule has 0 amide bonds. The Balaban J connectivity index is 1.65. The third kappa shape index (κ3) is 5.24. The summed E-state index contributed by atoms with van der Waals surface area (Å²) in [5, 5.41) is 10.7. The summed E-state index contributed by atoms with van der Waals surface area (Å²) in [6.07, 6.45) is 4.33. The van der Waals surface area contributed by atoms with Crippen LogP contribution < -0.4 is 4.72 Å². The van der Waals surface area contributed by atoms with Crippen molar-refractivity contribution in [3.63, 3.8) is 0 Å². The molecule has 0 aliphatic heterocycles. The monoisotopic (exact) mass is 431 g/mol. The summed E-state index contributed by atoms with van der Waals surface area (Å²) in [6.45, 7) is 6.81. The Labute approximate surface area is 178 Å². The van der Waals surface area contributed by atoms with Gasteiger partial charge in [-0.25, -0.2) is 13.1 Å². The summed E-state index contributed by atoms with van der Waals surface area (Å²) < 4.78 is 27.6. The van der Waals surface area contributed by atoms with E-state index in [1.807, 2.05) is 6.07 Å². The molecule has 7 nitrogen and oxygen atoms in total. The molecule has 0 radical (unpaired) electrons. The first kappa shape index (κ1) is 22.4. The van der Waals surface area contributed by atoms with E-state index in [9.17, 15) is 18.5 Å². The lowest BCUT2D eigenvalue weighted by atomic mass is 10.1. The fraction of sp³-hybridized carbons (Fsp3) is 0.455. The Morgan fingerprint density at radius 2 is 1.67 bits per heavy atom. The van der Waals surface area contributed by atoms with Gasteiger partial charge in [0.1, 0.15) is 0 Å². The van der Waals surface area contributed by atoms with Gasteiger partial charge < -0.3 is 0 Å². The van der Waals surface area contributed by atoms with E-state index in [-0.39, 0.29) is 17.1 Å². The van der Waals surface area contributed by atoms with E-state index in [1.54, 1.807) is 0 Å². The molecule has 2 aromatic rings. The highest BCUT2D eigenvalue weighted by Crippen LogP contribution is 2.27. The van der Waals surface area contributed by atoms with Crippen LogP contribution in [0.1, 0.15) is 43.4 Å². The minimum Gasteiger partial charge on any atom is -0.300 e. The number of rotatable bonds is 10. The molecule has 0 saturated carbocycles. The van der Waals surface area contributed by atoms with Gasteiger partial charge in [0.05, 0.1) is 9.82 Å². The second-order valence-corrected chi connectivity index (χ2v) is 9.54. The third-order valence-corrected chi connectivity index (χ3v) is 6.96. The second-order valence-electron chi connectivity index (χ2n) is 7.78. The molecule has 2 aromatic carbocycles.